The van der Waals surface area contributed by atoms with E-state index in [1.807, 2.05) is 84.9 Å². The van der Waals surface area contributed by atoms with E-state index in [9.17, 15) is 9.59 Å². The van der Waals surface area contributed by atoms with Crippen molar-refractivity contribution in [3.05, 3.63) is 169 Å². The molecule has 0 fully saturated rings. The van der Waals surface area contributed by atoms with E-state index in [0.29, 0.717) is 47.3 Å². The van der Waals surface area contributed by atoms with E-state index in [-0.39, 0.29) is 0 Å². The summed E-state index contributed by atoms with van der Waals surface area (Å²) >= 11 is 0. The van der Waals surface area contributed by atoms with Crippen LogP contribution >= 0.6 is 0 Å². The summed E-state index contributed by atoms with van der Waals surface area (Å²) in [4.78, 5) is 25.2. The highest BCUT2D eigenvalue weighted by Crippen LogP contribution is 2.24. The lowest BCUT2D eigenvalue weighted by molar-refractivity contribution is 0.0725. The summed E-state index contributed by atoms with van der Waals surface area (Å²) in [7, 11) is 0. The molecule has 6 rings (SSSR count). The van der Waals surface area contributed by atoms with Gasteiger partial charge in [0.15, 0.2) is 0 Å². The molecule has 0 aromatic heterocycles. The Labute approximate surface area is 280 Å². The summed E-state index contributed by atoms with van der Waals surface area (Å²) in [5.41, 5.74) is 5.23. The maximum Gasteiger partial charge on any atom is 0.343 e. The summed E-state index contributed by atoms with van der Waals surface area (Å²) in [5.74, 6) is 1.46. The van der Waals surface area contributed by atoms with E-state index in [1.54, 1.807) is 72.8 Å². The topological polar surface area (TPSA) is 71.1 Å². The van der Waals surface area contributed by atoms with Crippen molar-refractivity contribution in [2.75, 3.05) is 13.2 Å². The van der Waals surface area contributed by atoms with Crippen LogP contribution in [0.4, 0.5) is 0 Å². The Morgan fingerprint density at radius 3 is 1.02 bits per heavy atom. The van der Waals surface area contributed by atoms with Crippen molar-refractivity contribution >= 4 is 11.9 Å². The molecule has 0 N–H and O–H groups in total. The smallest absolute Gasteiger partial charge is 0.343 e. The maximum atomic E-state index is 12.6. The highest BCUT2D eigenvalue weighted by molar-refractivity contribution is 5.92. The zero-order valence-corrected chi connectivity index (χ0v) is 26.3. The Morgan fingerprint density at radius 1 is 0.354 bits per heavy atom. The first-order chi connectivity index (χ1) is 23.6. The molecule has 238 valence electrons. The number of unbranched alkanes of at least 4 members (excludes halogenated alkanes) is 1. The molecule has 0 heterocycles. The first-order valence-electron chi connectivity index (χ1n) is 15.8. The molecule has 6 aromatic carbocycles. The SMILES string of the molecule is O=C(Oc1ccc(OCCCCOc2ccc(OC(=O)c3ccc(-c4ccccc4)cc3)cc2)cc1)c1ccc(-c2ccccc2)cc1. The Kier molecular flexibility index (Phi) is 10.6. The van der Waals surface area contributed by atoms with Gasteiger partial charge in [0.05, 0.1) is 24.3 Å². The summed E-state index contributed by atoms with van der Waals surface area (Å²) in [6.45, 7) is 1.05. The van der Waals surface area contributed by atoms with Gasteiger partial charge in [0, 0.05) is 0 Å². The van der Waals surface area contributed by atoms with Crippen molar-refractivity contribution in [2.24, 2.45) is 0 Å². The van der Waals surface area contributed by atoms with Gasteiger partial charge in [-0.1, -0.05) is 84.9 Å². The lowest BCUT2D eigenvalue weighted by Crippen LogP contribution is -2.08. The zero-order valence-electron chi connectivity index (χ0n) is 26.3. The van der Waals surface area contributed by atoms with E-state index >= 15 is 0 Å². The van der Waals surface area contributed by atoms with Crippen molar-refractivity contribution in [3.63, 3.8) is 0 Å². The van der Waals surface area contributed by atoms with Crippen LogP contribution in [0.1, 0.15) is 33.6 Å². The number of hydrogen-bond acceptors (Lipinski definition) is 6. The van der Waals surface area contributed by atoms with E-state index in [2.05, 4.69) is 0 Å². The van der Waals surface area contributed by atoms with Crippen molar-refractivity contribution in [1.82, 2.24) is 0 Å². The Balaban J connectivity index is 0.869. The molecule has 0 bridgehead atoms. The van der Waals surface area contributed by atoms with Gasteiger partial charge in [0.25, 0.3) is 0 Å². The fourth-order valence-electron chi connectivity index (χ4n) is 4.98. The molecule has 0 atom stereocenters. The Bertz CT molecular complexity index is 1760. The van der Waals surface area contributed by atoms with Crippen molar-refractivity contribution < 1.29 is 28.5 Å². The zero-order chi connectivity index (χ0) is 33.0. The Hall–Kier alpha value is -6.14. The first kappa shape index (κ1) is 31.8. The second-order valence-electron chi connectivity index (χ2n) is 11.0. The van der Waals surface area contributed by atoms with E-state index in [1.165, 1.54) is 0 Å². The fourth-order valence-corrected chi connectivity index (χ4v) is 4.98. The van der Waals surface area contributed by atoms with E-state index in [4.69, 9.17) is 18.9 Å². The molecule has 0 saturated heterocycles. The molecule has 6 heteroatoms. The van der Waals surface area contributed by atoms with Crippen LogP contribution in [-0.4, -0.2) is 25.2 Å². The Morgan fingerprint density at radius 2 is 0.667 bits per heavy atom. The van der Waals surface area contributed by atoms with Crippen LogP contribution in [0.5, 0.6) is 23.0 Å². The molecule has 0 aliphatic heterocycles. The second kappa shape index (κ2) is 15.9. The predicted molar refractivity (Wildman–Crippen MR) is 187 cm³/mol. The highest BCUT2D eigenvalue weighted by Gasteiger charge is 2.11. The molecule has 0 unspecified atom stereocenters. The van der Waals surface area contributed by atoms with E-state index in [0.717, 1.165) is 35.1 Å². The van der Waals surface area contributed by atoms with Crippen LogP contribution in [0.2, 0.25) is 0 Å². The van der Waals surface area contributed by atoms with Crippen LogP contribution in [0.15, 0.2) is 158 Å². The molecule has 6 aromatic rings. The number of carbonyl (C=O) groups excluding carboxylic acids is 2. The van der Waals surface area contributed by atoms with Gasteiger partial charge in [-0.3, -0.25) is 0 Å². The molecule has 6 nitrogen and oxygen atoms in total. The molecule has 0 radical (unpaired) electrons. The highest BCUT2D eigenvalue weighted by atomic mass is 16.5. The summed E-state index contributed by atoms with van der Waals surface area (Å²) < 4.78 is 22.7. The predicted octanol–water partition coefficient (Wildman–Crippen LogP) is 9.70. The lowest BCUT2D eigenvalue weighted by Gasteiger charge is -2.10. The van der Waals surface area contributed by atoms with Gasteiger partial charge in [-0.15, -0.1) is 0 Å². The third-order valence-electron chi connectivity index (χ3n) is 7.60. The molecule has 48 heavy (non-hydrogen) atoms. The van der Waals surface area contributed by atoms with Gasteiger partial charge in [-0.25, -0.2) is 9.59 Å². The molecular formula is C42H34O6. The first-order valence-corrected chi connectivity index (χ1v) is 15.8. The average molecular weight is 635 g/mol. The second-order valence-corrected chi connectivity index (χ2v) is 11.0. The van der Waals surface area contributed by atoms with Crippen LogP contribution in [0.3, 0.4) is 0 Å². The number of ether oxygens (including phenoxy) is 4. The van der Waals surface area contributed by atoms with Crippen molar-refractivity contribution in [1.29, 1.82) is 0 Å². The normalized spacial score (nSPS) is 10.6. The molecule has 0 spiro atoms. The third kappa shape index (κ3) is 8.77. The summed E-state index contributed by atoms with van der Waals surface area (Å²) in [6.07, 6.45) is 1.60. The maximum absolute atomic E-state index is 12.6. The van der Waals surface area contributed by atoms with Crippen LogP contribution < -0.4 is 18.9 Å². The number of esters is 2. The molecule has 0 aliphatic rings. The molecular weight excluding hydrogens is 600 g/mol. The van der Waals surface area contributed by atoms with Crippen LogP contribution in [-0.2, 0) is 0 Å². The molecule has 0 saturated carbocycles. The van der Waals surface area contributed by atoms with Gasteiger partial charge in [0.2, 0.25) is 0 Å². The molecule has 0 aliphatic carbocycles. The minimum atomic E-state index is -0.413. The lowest BCUT2D eigenvalue weighted by atomic mass is 10.0. The number of benzene rings is 6. The summed E-state index contributed by atoms with van der Waals surface area (Å²) in [5, 5.41) is 0. The minimum Gasteiger partial charge on any atom is -0.494 e. The quantitative estimate of drug-likeness (QED) is 0.0716. The summed E-state index contributed by atoms with van der Waals surface area (Å²) in [6, 6.07) is 48.7. The standard InChI is InChI=1S/C42H34O6/c43-41(35-17-13-33(14-18-35)31-9-3-1-4-10-31)47-39-25-21-37(22-26-39)45-29-7-8-30-46-38-23-27-40(28-24-38)48-42(44)36-19-15-34(16-20-36)32-11-5-2-6-12-32/h1-6,9-28H,7-8,29-30H2. The number of rotatable bonds is 13. The van der Waals surface area contributed by atoms with Crippen LogP contribution in [0.25, 0.3) is 22.3 Å². The van der Waals surface area contributed by atoms with Gasteiger partial charge in [-0.05, 0) is 108 Å². The van der Waals surface area contributed by atoms with Crippen LogP contribution in [0, 0.1) is 0 Å². The largest absolute Gasteiger partial charge is 0.494 e. The number of hydrogen-bond donors (Lipinski definition) is 0. The molecule has 0 amide bonds. The monoisotopic (exact) mass is 634 g/mol. The third-order valence-corrected chi connectivity index (χ3v) is 7.60. The van der Waals surface area contributed by atoms with Gasteiger partial charge in [0.1, 0.15) is 23.0 Å². The fraction of sp³-hybridized carbons (Fsp3) is 0.0952. The van der Waals surface area contributed by atoms with Crippen molar-refractivity contribution in [3.8, 4) is 45.3 Å². The van der Waals surface area contributed by atoms with Gasteiger partial charge >= 0.3 is 11.9 Å². The average Bonchev–Trinajstić information content (AvgIpc) is 3.15. The minimum absolute atomic E-state index is 0.413. The van der Waals surface area contributed by atoms with Gasteiger partial charge < -0.3 is 18.9 Å². The van der Waals surface area contributed by atoms with Gasteiger partial charge in [-0.2, -0.15) is 0 Å². The number of carbonyl (C=O) groups is 2. The van der Waals surface area contributed by atoms with E-state index < -0.39 is 11.9 Å². The van der Waals surface area contributed by atoms with Crippen molar-refractivity contribution in [2.45, 2.75) is 12.8 Å².